The first kappa shape index (κ1) is 20.5. The van der Waals surface area contributed by atoms with Gasteiger partial charge in [-0.05, 0) is 54.2 Å². The number of hydrogen-bond acceptors (Lipinski definition) is 1. The Balaban J connectivity index is 1.71. The van der Waals surface area contributed by atoms with E-state index in [-0.39, 0.29) is 5.41 Å². The van der Waals surface area contributed by atoms with Crippen molar-refractivity contribution in [1.82, 2.24) is 4.90 Å². The van der Waals surface area contributed by atoms with Gasteiger partial charge in [0.05, 0.1) is 0 Å². The molecule has 0 spiro atoms. The molecule has 0 radical (unpaired) electrons. The summed E-state index contributed by atoms with van der Waals surface area (Å²) in [6.45, 7) is 15.5. The van der Waals surface area contributed by atoms with Gasteiger partial charge in [-0.3, -0.25) is 0 Å². The van der Waals surface area contributed by atoms with E-state index in [1.54, 1.807) is 0 Å². The molecule has 0 amide bonds. The van der Waals surface area contributed by atoms with Crippen molar-refractivity contribution in [2.24, 2.45) is 11.8 Å². The van der Waals surface area contributed by atoms with Crippen LogP contribution < -0.4 is 0 Å². The molecule has 2 atom stereocenters. The van der Waals surface area contributed by atoms with Crippen molar-refractivity contribution < 1.29 is 0 Å². The molecule has 2 rings (SSSR count). The lowest BCUT2D eigenvalue weighted by molar-refractivity contribution is 0.274. The fourth-order valence-electron chi connectivity index (χ4n) is 4.22. The van der Waals surface area contributed by atoms with Gasteiger partial charge in [0, 0.05) is 13.1 Å². The fourth-order valence-corrected chi connectivity index (χ4v) is 4.22. The number of nitrogens with zero attached hydrogens (tertiary/aromatic N) is 1. The summed E-state index contributed by atoms with van der Waals surface area (Å²) in [5, 5.41) is 0. The molecule has 0 N–H and O–H groups in total. The van der Waals surface area contributed by atoms with Crippen LogP contribution in [0.25, 0.3) is 0 Å². The second-order valence-electron chi connectivity index (χ2n) is 9.52. The van der Waals surface area contributed by atoms with Crippen LogP contribution in [0.3, 0.4) is 0 Å². The standard InChI is InChI=1S/C24H41N/c1-6-7-8-9-10-22-15-16-25(19-22)18-20(2)17-21-11-13-23(14-12-21)24(3,4)5/h11-14,20,22H,6-10,15-19H2,1-5H3. The summed E-state index contributed by atoms with van der Waals surface area (Å²) < 4.78 is 0. The Hall–Kier alpha value is -0.820. The summed E-state index contributed by atoms with van der Waals surface area (Å²) >= 11 is 0. The number of benzene rings is 1. The Kier molecular flexibility index (Phi) is 8.00. The second kappa shape index (κ2) is 9.76. The third-order valence-electron chi connectivity index (χ3n) is 5.81. The van der Waals surface area contributed by atoms with E-state index in [0.29, 0.717) is 0 Å². The summed E-state index contributed by atoms with van der Waals surface area (Å²) in [5.41, 5.74) is 3.19. The predicted molar refractivity (Wildman–Crippen MR) is 111 cm³/mol. The molecule has 142 valence electrons. The van der Waals surface area contributed by atoms with Crippen molar-refractivity contribution in [3.05, 3.63) is 35.4 Å². The van der Waals surface area contributed by atoms with Gasteiger partial charge in [-0.25, -0.2) is 0 Å². The van der Waals surface area contributed by atoms with Gasteiger partial charge in [-0.1, -0.05) is 84.6 Å². The van der Waals surface area contributed by atoms with Gasteiger partial charge >= 0.3 is 0 Å². The van der Waals surface area contributed by atoms with Crippen molar-refractivity contribution in [2.45, 2.75) is 85.0 Å². The molecule has 1 fully saturated rings. The molecule has 2 unspecified atom stereocenters. The fraction of sp³-hybridized carbons (Fsp3) is 0.750. The molecule has 1 aliphatic heterocycles. The van der Waals surface area contributed by atoms with Crippen LogP contribution >= 0.6 is 0 Å². The van der Waals surface area contributed by atoms with E-state index >= 15 is 0 Å². The van der Waals surface area contributed by atoms with E-state index in [4.69, 9.17) is 0 Å². The van der Waals surface area contributed by atoms with Crippen LogP contribution in [0.5, 0.6) is 0 Å². The first-order valence-corrected chi connectivity index (χ1v) is 10.7. The van der Waals surface area contributed by atoms with E-state index in [0.717, 1.165) is 11.8 Å². The Morgan fingerprint density at radius 3 is 2.44 bits per heavy atom. The van der Waals surface area contributed by atoms with E-state index in [2.05, 4.69) is 63.8 Å². The van der Waals surface area contributed by atoms with Crippen molar-refractivity contribution in [3.63, 3.8) is 0 Å². The van der Waals surface area contributed by atoms with Gasteiger partial charge in [-0.15, -0.1) is 0 Å². The van der Waals surface area contributed by atoms with E-state index in [1.807, 2.05) is 0 Å². The van der Waals surface area contributed by atoms with Crippen LogP contribution in [-0.2, 0) is 11.8 Å². The van der Waals surface area contributed by atoms with Crippen molar-refractivity contribution in [3.8, 4) is 0 Å². The highest BCUT2D eigenvalue weighted by molar-refractivity contribution is 5.27. The molecule has 0 bridgehead atoms. The van der Waals surface area contributed by atoms with Crippen LogP contribution in [-0.4, -0.2) is 24.5 Å². The normalized spacial score (nSPS) is 20.1. The van der Waals surface area contributed by atoms with Gasteiger partial charge in [0.15, 0.2) is 0 Å². The van der Waals surface area contributed by atoms with Crippen LogP contribution in [0.2, 0.25) is 0 Å². The van der Waals surface area contributed by atoms with Crippen molar-refractivity contribution in [1.29, 1.82) is 0 Å². The largest absolute Gasteiger partial charge is 0.303 e. The van der Waals surface area contributed by atoms with Crippen LogP contribution in [0.15, 0.2) is 24.3 Å². The molecule has 1 aromatic rings. The predicted octanol–water partition coefficient (Wildman–Crippen LogP) is 6.46. The zero-order chi connectivity index (χ0) is 18.3. The SMILES string of the molecule is CCCCCCC1CCN(CC(C)Cc2ccc(C(C)(C)C)cc2)C1. The highest BCUT2D eigenvalue weighted by Crippen LogP contribution is 2.25. The smallest absolute Gasteiger partial charge is 0.00103 e. The highest BCUT2D eigenvalue weighted by Gasteiger charge is 2.23. The molecule has 1 heteroatoms. The number of unbranched alkanes of at least 4 members (excludes halogenated alkanes) is 3. The lowest BCUT2D eigenvalue weighted by Crippen LogP contribution is -2.27. The van der Waals surface area contributed by atoms with E-state index in [9.17, 15) is 0 Å². The van der Waals surface area contributed by atoms with Gasteiger partial charge in [0.25, 0.3) is 0 Å². The Morgan fingerprint density at radius 2 is 1.80 bits per heavy atom. The molecule has 1 aromatic carbocycles. The topological polar surface area (TPSA) is 3.24 Å². The Morgan fingerprint density at radius 1 is 1.08 bits per heavy atom. The number of likely N-dealkylation sites (tertiary alicyclic amines) is 1. The van der Waals surface area contributed by atoms with E-state index < -0.39 is 0 Å². The van der Waals surface area contributed by atoms with Crippen LogP contribution in [0, 0.1) is 11.8 Å². The summed E-state index contributed by atoms with van der Waals surface area (Å²) in [7, 11) is 0. The maximum absolute atomic E-state index is 2.72. The second-order valence-corrected chi connectivity index (χ2v) is 9.52. The van der Waals surface area contributed by atoms with Gasteiger partial charge in [0.2, 0.25) is 0 Å². The maximum atomic E-state index is 2.72. The Bertz CT molecular complexity index is 482. The summed E-state index contributed by atoms with van der Waals surface area (Å²) in [5.74, 6) is 1.72. The lowest BCUT2D eigenvalue weighted by atomic mass is 9.86. The van der Waals surface area contributed by atoms with Crippen molar-refractivity contribution >= 4 is 0 Å². The number of hydrogen-bond donors (Lipinski definition) is 0. The van der Waals surface area contributed by atoms with Gasteiger partial charge in [0.1, 0.15) is 0 Å². The molecular weight excluding hydrogens is 302 g/mol. The minimum atomic E-state index is 0.256. The van der Waals surface area contributed by atoms with Gasteiger partial charge in [-0.2, -0.15) is 0 Å². The van der Waals surface area contributed by atoms with E-state index in [1.165, 1.54) is 75.7 Å². The van der Waals surface area contributed by atoms with Crippen molar-refractivity contribution in [2.75, 3.05) is 19.6 Å². The number of rotatable bonds is 9. The Labute approximate surface area is 157 Å². The first-order valence-electron chi connectivity index (χ1n) is 10.7. The molecule has 0 aliphatic carbocycles. The van der Waals surface area contributed by atoms with Gasteiger partial charge < -0.3 is 4.90 Å². The summed E-state index contributed by atoms with van der Waals surface area (Å²) in [4.78, 5) is 2.72. The van der Waals surface area contributed by atoms with Crippen LogP contribution in [0.1, 0.15) is 84.3 Å². The average Bonchev–Trinajstić information content (AvgIpc) is 2.98. The molecule has 1 heterocycles. The summed E-state index contributed by atoms with van der Waals surface area (Å²) in [6.07, 6.45) is 9.75. The third kappa shape index (κ3) is 7.13. The quantitative estimate of drug-likeness (QED) is 0.465. The average molecular weight is 344 g/mol. The first-order chi connectivity index (χ1) is 11.9. The maximum Gasteiger partial charge on any atom is 0.00103 e. The lowest BCUT2D eigenvalue weighted by Gasteiger charge is -2.22. The minimum absolute atomic E-state index is 0.256. The molecule has 0 saturated carbocycles. The molecule has 1 nitrogen and oxygen atoms in total. The molecular formula is C24H41N. The third-order valence-corrected chi connectivity index (χ3v) is 5.81. The highest BCUT2D eigenvalue weighted by atomic mass is 15.1. The minimum Gasteiger partial charge on any atom is -0.303 e. The molecule has 1 saturated heterocycles. The summed E-state index contributed by atoms with van der Waals surface area (Å²) in [6, 6.07) is 9.34. The zero-order valence-electron chi connectivity index (χ0n) is 17.5. The zero-order valence-corrected chi connectivity index (χ0v) is 17.5. The molecule has 1 aliphatic rings. The molecule has 0 aromatic heterocycles. The van der Waals surface area contributed by atoms with Crippen LogP contribution in [0.4, 0.5) is 0 Å². The molecule has 25 heavy (non-hydrogen) atoms. The monoisotopic (exact) mass is 343 g/mol.